The molecule has 35 heavy (non-hydrogen) atoms. The Balaban J connectivity index is 1.34. The van der Waals surface area contributed by atoms with Gasteiger partial charge in [-0.3, -0.25) is 0 Å². The summed E-state index contributed by atoms with van der Waals surface area (Å²) in [6.07, 6.45) is 0.150. The van der Waals surface area contributed by atoms with Crippen LogP contribution in [0.15, 0.2) is 77.2 Å². The highest BCUT2D eigenvalue weighted by atomic mass is 35.5. The van der Waals surface area contributed by atoms with Crippen molar-refractivity contribution in [3.8, 4) is 11.5 Å². The molecule has 1 aromatic heterocycles. The molecule has 3 aromatic carbocycles. The lowest BCUT2D eigenvalue weighted by Crippen LogP contribution is -2.23. The van der Waals surface area contributed by atoms with Crippen LogP contribution < -0.4 is 14.8 Å². The number of halogens is 1. The lowest BCUT2D eigenvalue weighted by Gasteiger charge is -2.17. The minimum absolute atomic E-state index is 0.370. The molecule has 182 valence electrons. The average Bonchev–Trinajstić information content (AvgIpc) is 3.29. The average molecular weight is 495 g/mol. The molecule has 4 aromatic rings. The van der Waals surface area contributed by atoms with Crippen LogP contribution in [0.5, 0.6) is 11.5 Å². The van der Waals surface area contributed by atoms with Gasteiger partial charge in [0.1, 0.15) is 17.0 Å². The molecule has 1 heterocycles. The van der Waals surface area contributed by atoms with E-state index in [9.17, 15) is 4.79 Å². The Morgan fingerprint density at radius 1 is 1.03 bits per heavy atom. The molecule has 0 bridgehead atoms. The molecule has 0 fully saturated rings. The smallest absolute Gasteiger partial charge is 0.344 e. The highest BCUT2D eigenvalue weighted by molar-refractivity contribution is 6.30. The Kier molecular flexibility index (Phi) is 8.23. The molecule has 0 amide bonds. The van der Waals surface area contributed by atoms with E-state index < -0.39 is 12.1 Å². The summed E-state index contributed by atoms with van der Waals surface area (Å²) in [4.78, 5) is 15.6. The lowest BCUT2D eigenvalue weighted by molar-refractivity contribution is -0.144. The van der Waals surface area contributed by atoms with Gasteiger partial charge in [0, 0.05) is 11.4 Å². The van der Waals surface area contributed by atoms with Crippen LogP contribution in [-0.2, 0) is 11.2 Å². The lowest BCUT2D eigenvalue weighted by atomic mass is 10.1. The third-order valence-corrected chi connectivity index (χ3v) is 5.66. The number of hydrogen-bond donors (Lipinski definition) is 2. The first-order valence-electron chi connectivity index (χ1n) is 11.4. The maximum absolute atomic E-state index is 11.0. The van der Waals surface area contributed by atoms with Gasteiger partial charge >= 0.3 is 5.97 Å². The molecule has 4 rings (SSSR count). The zero-order chi connectivity index (χ0) is 24.6. The van der Waals surface area contributed by atoms with Gasteiger partial charge < -0.3 is 24.3 Å². The van der Waals surface area contributed by atoms with E-state index in [2.05, 4.69) is 10.3 Å². The molecule has 2 unspecified atom stereocenters. The van der Waals surface area contributed by atoms with Crippen molar-refractivity contribution in [3.63, 3.8) is 0 Å². The summed E-state index contributed by atoms with van der Waals surface area (Å²) < 4.78 is 17.6. The highest BCUT2D eigenvalue weighted by Gasteiger charge is 2.20. The van der Waals surface area contributed by atoms with Crippen LogP contribution in [-0.4, -0.2) is 35.3 Å². The fourth-order valence-corrected chi connectivity index (χ4v) is 3.68. The van der Waals surface area contributed by atoms with Crippen LogP contribution in [0.4, 0.5) is 0 Å². The van der Waals surface area contributed by atoms with Crippen LogP contribution >= 0.6 is 11.6 Å². The van der Waals surface area contributed by atoms with Gasteiger partial charge in [-0.15, -0.1) is 0 Å². The number of carboxylic acid groups (broad SMARTS) is 1. The fourth-order valence-electron chi connectivity index (χ4n) is 3.56. The zero-order valence-corrected chi connectivity index (χ0v) is 20.1. The van der Waals surface area contributed by atoms with Gasteiger partial charge in [-0.1, -0.05) is 35.9 Å². The quantitative estimate of drug-likeness (QED) is 0.245. The fraction of sp³-hybridized carbons (Fsp3) is 0.259. The Hall–Kier alpha value is -3.55. The summed E-state index contributed by atoms with van der Waals surface area (Å²) in [6.45, 7) is 2.93. The van der Waals surface area contributed by atoms with Gasteiger partial charge in [-0.05, 0) is 80.5 Å². The molecule has 0 saturated carbocycles. The topological polar surface area (TPSA) is 93.8 Å². The number of ether oxygens (including phenoxy) is 2. The minimum atomic E-state index is -0.994. The Bertz CT molecular complexity index is 1220. The van der Waals surface area contributed by atoms with Crippen LogP contribution in [0.2, 0.25) is 5.02 Å². The van der Waals surface area contributed by atoms with Crippen molar-refractivity contribution >= 4 is 28.7 Å². The molecule has 2 atom stereocenters. The van der Waals surface area contributed by atoms with E-state index in [0.717, 1.165) is 29.6 Å². The largest absolute Gasteiger partial charge is 0.481 e. The number of para-hydroxylation sites is 2. The molecule has 0 aliphatic heterocycles. The van der Waals surface area contributed by atoms with E-state index in [-0.39, 0.29) is 6.10 Å². The first-order chi connectivity index (χ1) is 17.0. The molecule has 0 saturated heterocycles. The van der Waals surface area contributed by atoms with E-state index >= 15 is 0 Å². The molecule has 8 heteroatoms. The van der Waals surface area contributed by atoms with Crippen molar-refractivity contribution in [2.75, 3.05) is 13.1 Å². The maximum atomic E-state index is 11.0. The standard InChI is InChI=1S/C27H27ClN2O5/c1-18(27(31)32)33-22-6-4-5-19(17-22)13-15-29-16-14-25(34-21-11-9-20(28)10-12-21)26-30-23-7-2-3-8-24(23)35-26/h2-12,17-18,25,29H,13-16H2,1H3,(H,31,32). The van der Waals surface area contributed by atoms with Crippen molar-refractivity contribution < 1.29 is 23.8 Å². The number of hydrogen-bond acceptors (Lipinski definition) is 6. The van der Waals surface area contributed by atoms with Crippen LogP contribution in [0, 0.1) is 0 Å². The van der Waals surface area contributed by atoms with Crippen molar-refractivity contribution in [1.82, 2.24) is 10.3 Å². The number of fused-ring (bicyclic) bond motifs is 1. The molecule has 0 aliphatic carbocycles. The predicted molar refractivity (Wildman–Crippen MR) is 134 cm³/mol. The van der Waals surface area contributed by atoms with Gasteiger partial charge in [0.2, 0.25) is 5.89 Å². The normalized spacial score (nSPS) is 12.9. The zero-order valence-electron chi connectivity index (χ0n) is 19.3. The number of carboxylic acids is 1. The Labute approximate surface area is 208 Å². The molecule has 0 radical (unpaired) electrons. The van der Waals surface area contributed by atoms with Gasteiger partial charge in [-0.25, -0.2) is 9.78 Å². The molecule has 0 spiro atoms. The second kappa shape index (κ2) is 11.7. The van der Waals surface area contributed by atoms with Crippen molar-refractivity contribution in [2.24, 2.45) is 0 Å². The summed E-state index contributed by atoms with van der Waals surface area (Å²) in [5, 5.41) is 13.1. The van der Waals surface area contributed by atoms with Gasteiger partial charge in [-0.2, -0.15) is 0 Å². The number of nitrogens with one attached hydrogen (secondary N) is 1. The van der Waals surface area contributed by atoms with E-state index in [0.29, 0.717) is 35.4 Å². The second-order valence-corrected chi connectivity index (χ2v) is 8.55. The summed E-state index contributed by atoms with van der Waals surface area (Å²) in [5.74, 6) is 0.769. The molecule has 0 aliphatic rings. The number of rotatable bonds is 12. The van der Waals surface area contributed by atoms with Crippen molar-refractivity contribution in [2.45, 2.75) is 32.0 Å². The van der Waals surface area contributed by atoms with E-state index in [1.807, 2.05) is 54.6 Å². The second-order valence-electron chi connectivity index (χ2n) is 8.11. The minimum Gasteiger partial charge on any atom is -0.481 e. The first-order valence-corrected chi connectivity index (χ1v) is 11.8. The van der Waals surface area contributed by atoms with Crippen molar-refractivity contribution in [1.29, 1.82) is 0 Å². The van der Waals surface area contributed by atoms with E-state index in [1.165, 1.54) is 6.92 Å². The number of carbonyl (C=O) groups is 1. The first kappa shape index (κ1) is 24.6. The molecular formula is C27H27ClN2O5. The monoisotopic (exact) mass is 494 g/mol. The number of benzene rings is 3. The number of nitrogens with zero attached hydrogens (tertiary/aromatic N) is 1. The molecule has 2 N–H and O–H groups in total. The SMILES string of the molecule is CC(Oc1cccc(CCNCCC(Oc2ccc(Cl)cc2)c2nc3ccccc3o2)c1)C(=O)O. The third kappa shape index (κ3) is 6.97. The Morgan fingerprint density at radius 2 is 1.83 bits per heavy atom. The summed E-state index contributed by atoms with van der Waals surface area (Å²) in [5.41, 5.74) is 2.57. The van der Waals surface area contributed by atoms with Crippen LogP contribution in [0.3, 0.4) is 0 Å². The molecular weight excluding hydrogens is 468 g/mol. The number of aliphatic carboxylic acids is 1. The number of oxazole rings is 1. The summed E-state index contributed by atoms with van der Waals surface area (Å²) >= 11 is 6.01. The van der Waals surface area contributed by atoms with Crippen LogP contribution in [0.1, 0.15) is 30.9 Å². The Morgan fingerprint density at radius 3 is 2.60 bits per heavy atom. The summed E-state index contributed by atoms with van der Waals surface area (Å²) in [7, 11) is 0. The number of aromatic nitrogens is 1. The van der Waals surface area contributed by atoms with Gasteiger partial charge in [0.15, 0.2) is 17.8 Å². The van der Waals surface area contributed by atoms with Crippen molar-refractivity contribution in [3.05, 3.63) is 89.3 Å². The van der Waals surface area contributed by atoms with E-state index in [1.54, 1.807) is 18.2 Å². The van der Waals surface area contributed by atoms with Crippen LogP contribution in [0.25, 0.3) is 11.1 Å². The third-order valence-electron chi connectivity index (χ3n) is 5.41. The van der Waals surface area contributed by atoms with E-state index in [4.69, 9.17) is 30.6 Å². The maximum Gasteiger partial charge on any atom is 0.344 e. The predicted octanol–water partition coefficient (Wildman–Crippen LogP) is 5.68. The van der Waals surface area contributed by atoms with Gasteiger partial charge in [0.25, 0.3) is 0 Å². The highest BCUT2D eigenvalue weighted by Crippen LogP contribution is 2.28. The van der Waals surface area contributed by atoms with Gasteiger partial charge in [0.05, 0.1) is 0 Å². The molecule has 7 nitrogen and oxygen atoms in total. The summed E-state index contributed by atoms with van der Waals surface area (Å²) in [6, 6.07) is 22.3.